The first-order valence-corrected chi connectivity index (χ1v) is 5.79. The van der Waals surface area contributed by atoms with E-state index in [1.165, 1.54) is 5.56 Å². The van der Waals surface area contributed by atoms with Crippen molar-refractivity contribution in [2.45, 2.75) is 6.42 Å². The van der Waals surface area contributed by atoms with E-state index in [1.54, 1.807) is 7.11 Å². The van der Waals surface area contributed by atoms with Crippen LogP contribution < -0.4 is 4.74 Å². The van der Waals surface area contributed by atoms with Crippen LogP contribution >= 0.6 is 0 Å². The van der Waals surface area contributed by atoms with Gasteiger partial charge < -0.3 is 4.74 Å². The van der Waals surface area contributed by atoms with Crippen LogP contribution in [0.5, 0.6) is 5.88 Å². The summed E-state index contributed by atoms with van der Waals surface area (Å²) in [6, 6.07) is 16.0. The molecule has 0 spiro atoms. The highest BCUT2D eigenvalue weighted by Crippen LogP contribution is 2.17. The van der Waals surface area contributed by atoms with Gasteiger partial charge in [0.05, 0.1) is 7.11 Å². The van der Waals surface area contributed by atoms with Crippen LogP contribution in [-0.4, -0.2) is 21.7 Å². The Hall–Kier alpha value is -2.36. The van der Waals surface area contributed by atoms with E-state index in [4.69, 9.17) is 4.74 Å². The predicted octanol–water partition coefficient (Wildman–Crippen LogP) is 2.33. The van der Waals surface area contributed by atoms with Crippen LogP contribution in [-0.2, 0) is 6.42 Å². The van der Waals surface area contributed by atoms with Crippen molar-refractivity contribution in [1.29, 1.82) is 0 Å². The highest BCUT2D eigenvalue weighted by molar-refractivity contribution is 5.42. The molecular formula is C14H13N3O. The minimum Gasteiger partial charge on any atom is -0.482 e. The first-order chi connectivity index (χ1) is 8.88. The maximum Gasteiger partial charge on any atom is 0.200 e. The van der Waals surface area contributed by atoms with Gasteiger partial charge in [0.2, 0.25) is 5.88 Å². The van der Waals surface area contributed by atoms with E-state index >= 15 is 0 Å². The summed E-state index contributed by atoms with van der Waals surface area (Å²) in [4.78, 5) is 0. The lowest BCUT2D eigenvalue weighted by Crippen LogP contribution is -2.00. The Bertz CT molecular complexity index is 661. The van der Waals surface area contributed by atoms with E-state index in [0.29, 0.717) is 0 Å². The molecule has 0 bridgehead atoms. The Morgan fingerprint density at radius 1 is 1.00 bits per heavy atom. The van der Waals surface area contributed by atoms with E-state index in [1.807, 2.05) is 40.8 Å². The molecule has 0 atom stereocenters. The summed E-state index contributed by atoms with van der Waals surface area (Å²) < 4.78 is 7.28. The lowest BCUT2D eigenvalue weighted by atomic mass is 10.1. The van der Waals surface area contributed by atoms with Crippen LogP contribution in [0, 0.1) is 0 Å². The fourth-order valence-electron chi connectivity index (χ4n) is 2.02. The number of aromatic nitrogens is 3. The van der Waals surface area contributed by atoms with Crippen molar-refractivity contribution in [1.82, 2.24) is 14.6 Å². The molecule has 0 N–H and O–H groups in total. The number of methoxy groups -OCH3 is 1. The molecule has 18 heavy (non-hydrogen) atoms. The summed E-state index contributed by atoms with van der Waals surface area (Å²) in [5, 5.41) is 8.39. The molecule has 4 heteroatoms. The monoisotopic (exact) mass is 239 g/mol. The number of benzene rings is 1. The molecule has 0 saturated heterocycles. The molecule has 90 valence electrons. The quantitative estimate of drug-likeness (QED) is 0.704. The number of ether oxygens (including phenoxy) is 1. The van der Waals surface area contributed by atoms with Crippen LogP contribution in [0.1, 0.15) is 11.4 Å². The molecule has 3 rings (SSSR count). The van der Waals surface area contributed by atoms with Crippen molar-refractivity contribution in [3.8, 4) is 5.88 Å². The lowest BCUT2D eigenvalue weighted by molar-refractivity contribution is 0.390. The lowest BCUT2D eigenvalue weighted by Gasteiger charge is -2.05. The van der Waals surface area contributed by atoms with Gasteiger partial charge in [0.1, 0.15) is 5.82 Å². The van der Waals surface area contributed by atoms with E-state index in [9.17, 15) is 0 Å². The minimum atomic E-state index is 0.738. The standard InChI is InChI=1S/C14H13N3O/c1-18-14-9-5-8-12-15-16-13(17(12)14)10-11-6-3-2-4-7-11/h2-9H,10H2,1H3. The Kier molecular flexibility index (Phi) is 2.68. The summed E-state index contributed by atoms with van der Waals surface area (Å²) in [6.07, 6.45) is 0.738. The summed E-state index contributed by atoms with van der Waals surface area (Å²) in [6.45, 7) is 0. The Morgan fingerprint density at radius 2 is 1.83 bits per heavy atom. The SMILES string of the molecule is COc1cccc2nnc(Cc3ccccc3)n12. The molecule has 3 aromatic rings. The first kappa shape index (κ1) is 10.8. The second kappa shape index (κ2) is 4.49. The molecule has 0 aliphatic carbocycles. The van der Waals surface area contributed by atoms with Gasteiger partial charge in [-0.2, -0.15) is 0 Å². The largest absolute Gasteiger partial charge is 0.482 e. The molecule has 2 heterocycles. The molecule has 0 radical (unpaired) electrons. The van der Waals surface area contributed by atoms with Gasteiger partial charge in [0.25, 0.3) is 0 Å². The van der Waals surface area contributed by atoms with Crippen LogP contribution in [0.3, 0.4) is 0 Å². The topological polar surface area (TPSA) is 39.4 Å². The fraction of sp³-hybridized carbons (Fsp3) is 0.143. The first-order valence-electron chi connectivity index (χ1n) is 5.79. The van der Waals surface area contributed by atoms with E-state index in [0.717, 1.165) is 23.8 Å². The molecule has 4 nitrogen and oxygen atoms in total. The van der Waals surface area contributed by atoms with Crippen LogP contribution in [0.15, 0.2) is 48.5 Å². The van der Waals surface area contributed by atoms with Gasteiger partial charge in [-0.15, -0.1) is 10.2 Å². The highest BCUT2D eigenvalue weighted by Gasteiger charge is 2.09. The van der Waals surface area contributed by atoms with E-state index in [-0.39, 0.29) is 0 Å². The summed E-state index contributed by atoms with van der Waals surface area (Å²) in [5.41, 5.74) is 2.01. The molecular weight excluding hydrogens is 226 g/mol. The second-order valence-electron chi connectivity index (χ2n) is 4.04. The van der Waals surface area contributed by atoms with Gasteiger partial charge >= 0.3 is 0 Å². The zero-order chi connectivity index (χ0) is 12.4. The second-order valence-corrected chi connectivity index (χ2v) is 4.04. The Balaban J connectivity index is 2.07. The highest BCUT2D eigenvalue weighted by atomic mass is 16.5. The van der Waals surface area contributed by atoms with Crippen LogP contribution in [0.25, 0.3) is 5.65 Å². The van der Waals surface area contributed by atoms with Crippen molar-refractivity contribution in [3.05, 3.63) is 59.9 Å². The molecule has 1 aromatic carbocycles. The van der Waals surface area contributed by atoms with Crippen molar-refractivity contribution < 1.29 is 4.74 Å². The van der Waals surface area contributed by atoms with Gasteiger partial charge in [-0.25, -0.2) is 4.40 Å². The van der Waals surface area contributed by atoms with Crippen molar-refractivity contribution in [2.24, 2.45) is 0 Å². The van der Waals surface area contributed by atoms with Crippen molar-refractivity contribution >= 4 is 5.65 Å². The van der Waals surface area contributed by atoms with Gasteiger partial charge in [-0.05, 0) is 17.7 Å². The van der Waals surface area contributed by atoms with Crippen molar-refractivity contribution in [3.63, 3.8) is 0 Å². The van der Waals surface area contributed by atoms with Gasteiger partial charge in [0.15, 0.2) is 5.65 Å². The molecule has 0 aliphatic heterocycles. The third kappa shape index (κ3) is 1.82. The number of pyridine rings is 1. The van der Waals surface area contributed by atoms with Gasteiger partial charge in [-0.3, -0.25) is 0 Å². The molecule has 0 fully saturated rings. The smallest absolute Gasteiger partial charge is 0.200 e. The molecule has 2 aromatic heterocycles. The van der Waals surface area contributed by atoms with E-state index in [2.05, 4.69) is 22.3 Å². The Labute approximate surface area is 105 Å². The normalized spacial score (nSPS) is 10.7. The van der Waals surface area contributed by atoms with Crippen LogP contribution in [0.2, 0.25) is 0 Å². The van der Waals surface area contributed by atoms with Crippen molar-refractivity contribution in [2.75, 3.05) is 7.11 Å². The van der Waals surface area contributed by atoms with Gasteiger partial charge in [0, 0.05) is 6.42 Å². The van der Waals surface area contributed by atoms with Crippen LogP contribution in [0.4, 0.5) is 0 Å². The zero-order valence-electron chi connectivity index (χ0n) is 10.1. The third-order valence-electron chi connectivity index (χ3n) is 2.87. The summed E-state index contributed by atoms with van der Waals surface area (Å²) in [5.74, 6) is 1.64. The molecule has 0 aliphatic rings. The maximum absolute atomic E-state index is 5.35. The van der Waals surface area contributed by atoms with E-state index < -0.39 is 0 Å². The Morgan fingerprint density at radius 3 is 2.61 bits per heavy atom. The summed E-state index contributed by atoms with van der Waals surface area (Å²) >= 11 is 0. The minimum absolute atomic E-state index is 0.738. The molecule has 0 unspecified atom stereocenters. The summed E-state index contributed by atoms with van der Waals surface area (Å²) in [7, 11) is 1.65. The zero-order valence-corrected chi connectivity index (χ0v) is 10.1. The third-order valence-corrected chi connectivity index (χ3v) is 2.87. The van der Waals surface area contributed by atoms with Gasteiger partial charge in [-0.1, -0.05) is 36.4 Å². The maximum atomic E-state index is 5.35. The predicted molar refractivity (Wildman–Crippen MR) is 68.8 cm³/mol. The number of rotatable bonds is 3. The fourth-order valence-corrected chi connectivity index (χ4v) is 2.02. The molecule has 0 amide bonds. The number of hydrogen-bond acceptors (Lipinski definition) is 3. The number of nitrogens with zero attached hydrogens (tertiary/aromatic N) is 3. The number of fused-ring (bicyclic) bond motifs is 1. The molecule has 0 saturated carbocycles. The average molecular weight is 239 g/mol. The number of hydrogen-bond donors (Lipinski definition) is 0. The average Bonchev–Trinajstić information content (AvgIpc) is 2.83.